The fourth-order valence-electron chi connectivity index (χ4n) is 3.00. The van der Waals surface area contributed by atoms with Gasteiger partial charge >= 0.3 is 5.97 Å². The van der Waals surface area contributed by atoms with Gasteiger partial charge in [-0.15, -0.1) is 0 Å². The molecule has 0 bridgehead atoms. The summed E-state index contributed by atoms with van der Waals surface area (Å²) < 4.78 is 0. The first-order valence-corrected chi connectivity index (χ1v) is 8.05. The Morgan fingerprint density at radius 1 is 1.36 bits per heavy atom. The average molecular weight is 305 g/mol. The number of aliphatic hydroxyl groups is 1. The summed E-state index contributed by atoms with van der Waals surface area (Å²) in [5.74, 6) is -0.772. The van der Waals surface area contributed by atoms with Gasteiger partial charge in [-0.05, 0) is 47.9 Å². The Balaban J connectivity index is 2.01. The van der Waals surface area contributed by atoms with Crippen LogP contribution in [0, 0.1) is 0 Å². The van der Waals surface area contributed by atoms with Crippen molar-refractivity contribution in [1.82, 2.24) is 5.32 Å². The summed E-state index contributed by atoms with van der Waals surface area (Å²) in [6, 6.07) is 6.39. The number of aliphatic hydroxyl groups excluding tert-OH is 1. The molecular weight excluding hydrogens is 278 g/mol. The minimum Gasteiger partial charge on any atom is -0.481 e. The van der Waals surface area contributed by atoms with Gasteiger partial charge in [0.2, 0.25) is 0 Å². The quantitative estimate of drug-likeness (QED) is 0.732. The van der Waals surface area contributed by atoms with Crippen LogP contribution in [0.5, 0.6) is 0 Å². The molecule has 1 aromatic rings. The van der Waals surface area contributed by atoms with Gasteiger partial charge in [-0.2, -0.15) is 0 Å². The van der Waals surface area contributed by atoms with E-state index in [0.29, 0.717) is 13.0 Å². The van der Waals surface area contributed by atoms with Gasteiger partial charge < -0.3 is 15.5 Å². The highest BCUT2D eigenvalue weighted by Crippen LogP contribution is 2.33. The Morgan fingerprint density at radius 2 is 2.09 bits per heavy atom. The van der Waals surface area contributed by atoms with Gasteiger partial charge in [0.25, 0.3) is 0 Å². The minimum absolute atomic E-state index is 0.0155. The summed E-state index contributed by atoms with van der Waals surface area (Å²) in [4.78, 5) is 10.5. The molecule has 0 saturated heterocycles. The lowest BCUT2D eigenvalue weighted by molar-refractivity contribution is -0.137. The molecule has 0 aliphatic heterocycles. The van der Waals surface area contributed by atoms with Crippen LogP contribution in [0.2, 0.25) is 0 Å². The van der Waals surface area contributed by atoms with Gasteiger partial charge in [-0.1, -0.05) is 39.0 Å². The summed E-state index contributed by atoms with van der Waals surface area (Å²) in [6.45, 7) is 7.21. The molecule has 1 aliphatic carbocycles. The molecule has 122 valence electrons. The van der Waals surface area contributed by atoms with E-state index in [0.717, 1.165) is 18.4 Å². The molecule has 4 heteroatoms. The Bertz CT molecular complexity index is 534. The van der Waals surface area contributed by atoms with E-state index in [1.54, 1.807) is 0 Å². The van der Waals surface area contributed by atoms with Gasteiger partial charge in [-0.25, -0.2) is 0 Å². The maximum Gasteiger partial charge on any atom is 0.303 e. The van der Waals surface area contributed by atoms with Gasteiger partial charge in [-0.3, -0.25) is 4.79 Å². The highest BCUT2D eigenvalue weighted by Gasteiger charge is 2.28. The maximum absolute atomic E-state index is 10.5. The lowest BCUT2D eigenvalue weighted by Gasteiger charge is -2.32. The van der Waals surface area contributed by atoms with Crippen LogP contribution in [0.4, 0.5) is 0 Å². The first-order valence-electron chi connectivity index (χ1n) is 8.05. The molecule has 2 unspecified atom stereocenters. The average Bonchev–Trinajstić information content (AvgIpc) is 2.44. The first-order chi connectivity index (χ1) is 10.3. The highest BCUT2D eigenvalue weighted by atomic mass is 16.4. The molecule has 1 aliphatic rings. The van der Waals surface area contributed by atoms with E-state index in [2.05, 4.69) is 38.2 Å². The molecule has 0 radical (unpaired) electrons. The molecule has 0 amide bonds. The zero-order valence-electron chi connectivity index (χ0n) is 13.7. The second kappa shape index (κ2) is 6.80. The van der Waals surface area contributed by atoms with Crippen LogP contribution in [0.15, 0.2) is 18.2 Å². The third-order valence-corrected chi connectivity index (χ3v) is 4.41. The van der Waals surface area contributed by atoms with E-state index in [1.165, 1.54) is 11.1 Å². The maximum atomic E-state index is 10.5. The fourth-order valence-corrected chi connectivity index (χ4v) is 3.00. The third kappa shape index (κ3) is 4.08. The van der Waals surface area contributed by atoms with Gasteiger partial charge in [0, 0.05) is 12.5 Å². The molecule has 0 fully saturated rings. The SMILES string of the molecule is CC(C)(C)c1ccc2c(c1)CCC(NCCCC(=O)O)C2O. The first kappa shape index (κ1) is 17.0. The van der Waals surface area contributed by atoms with Crippen LogP contribution >= 0.6 is 0 Å². The van der Waals surface area contributed by atoms with Crippen LogP contribution in [0.3, 0.4) is 0 Å². The number of benzene rings is 1. The Labute approximate surface area is 132 Å². The number of nitrogens with one attached hydrogen (secondary N) is 1. The molecule has 4 nitrogen and oxygen atoms in total. The summed E-state index contributed by atoms with van der Waals surface area (Å²) >= 11 is 0. The van der Waals surface area contributed by atoms with E-state index in [9.17, 15) is 9.90 Å². The Morgan fingerprint density at radius 3 is 2.73 bits per heavy atom. The number of aryl methyl sites for hydroxylation is 1. The van der Waals surface area contributed by atoms with Crippen LogP contribution in [0.25, 0.3) is 0 Å². The van der Waals surface area contributed by atoms with Crippen LogP contribution < -0.4 is 5.32 Å². The normalized spacial score (nSPS) is 21.5. The Hall–Kier alpha value is -1.39. The van der Waals surface area contributed by atoms with Crippen molar-refractivity contribution in [2.24, 2.45) is 0 Å². The summed E-state index contributed by atoms with van der Waals surface area (Å²) in [6.07, 6.45) is 2.08. The van der Waals surface area contributed by atoms with Crippen molar-refractivity contribution >= 4 is 5.97 Å². The largest absolute Gasteiger partial charge is 0.481 e. The van der Waals surface area contributed by atoms with E-state index in [1.807, 2.05) is 6.07 Å². The number of aliphatic carboxylic acids is 1. The van der Waals surface area contributed by atoms with Crippen molar-refractivity contribution in [2.75, 3.05) is 6.54 Å². The number of carboxylic acid groups (broad SMARTS) is 1. The number of carboxylic acids is 1. The molecule has 0 saturated carbocycles. The molecule has 3 N–H and O–H groups in total. The minimum atomic E-state index is -0.772. The lowest BCUT2D eigenvalue weighted by Crippen LogP contribution is -2.39. The zero-order chi connectivity index (χ0) is 16.3. The predicted octanol–water partition coefficient (Wildman–Crippen LogP) is 2.79. The predicted molar refractivity (Wildman–Crippen MR) is 87.1 cm³/mol. The number of hydrogen-bond donors (Lipinski definition) is 3. The summed E-state index contributed by atoms with van der Waals surface area (Å²) in [5.41, 5.74) is 3.66. The molecule has 22 heavy (non-hydrogen) atoms. The monoisotopic (exact) mass is 305 g/mol. The van der Waals surface area contributed by atoms with Crippen LogP contribution in [0.1, 0.15) is 62.8 Å². The number of fused-ring (bicyclic) bond motifs is 1. The summed E-state index contributed by atoms with van der Waals surface area (Å²) in [5, 5.41) is 22.5. The lowest BCUT2D eigenvalue weighted by atomic mass is 9.80. The van der Waals surface area contributed by atoms with Crippen molar-refractivity contribution in [3.05, 3.63) is 34.9 Å². The molecule has 1 aromatic carbocycles. The molecule has 2 atom stereocenters. The van der Waals surface area contributed by atoms with Crippen LogP contribution in [-0.4, -0.2) is 28.8 Å². The number of rotatable bonds is 5. The van der Waals surface area contributed by atoms with Crippen molar-refractivity contribution in [2.45, 2.75) is 64.0 Å². The molecule has 0 heterocycles. The molecular formula is C18H27NO3. The fraction of sp³-hybridized carbons (Fsp3) is 0.611. The number of carbonyl (C=O) groups is 1. The standard InChI is InChI=1S/C18H27NO3/c1-18(2,3)13-7-8-14-12(11-13)6-9-15(17(14)22)19-10-4-5-16(20)21/h7-8,11,15,17,19,22H,4-6,9-10H2,1-3H3,(H,20,21). The second-order valence-electron chi connectivity index (χ2n) is 7.21. The molecule has 0 spiro atoms. The van der Waals surface area contributed by atoms with Crippen molar-refractivity contribution in [1.29, 1.82) is 0 Å². The van der Waals surface area contributed by atoms with Crippen molar-refractivity contribution in [3.63, 3.8) is 0 Å². The molecule has 2 rings (SSSR count). The van der Waals surface area contributed by atoms with E-state index in [-0.39, 0.29) is 17.9 Å². The number of hydrogen-bond acceptors (Lipinski definition) is 3. The Kier molecular flexibility index (Phi) is 5.24. The van der Waals surface area contributed by atoms with Crippen LogP contribution in [-0.2, 0) is 16.6 Å². The third-order valence-electron chi connectivity index (χ3n) is 4.41. The smallest absolute Gasteiger partial charge is 0.303 e. The van der Waals surface area contributed by atoms with E-state index >= 15 is 0 Å². The van der Waals surface area contributed by atoms with Crippen molar-refractivity contribution < 1.29 is 15.0 Å². The zero-order valence-corrected chi connectivity index (χ0v) is 13.7. The van der Waals surface area contributed by atoms with E-state index < -0.39 is 12.1 Å². The van der Waals surface area contributed by atoms with E-state index in [4.69, 9.17) is 5.11 Å². The van der Waals surface area contributed by atoms with Crippen molar-refractivity contribution in [3.8, 4) is 0 Å². The van der Waals surface area contributed by atoms with Gasteiger partial charge in [0.1, 0.15) is 0 Å². The highest BCUT2D eigenvalue weighted by molar-refractivity contribution is 5.66. The topological polar surface area (TPSA) is 69.6 Å². The van der Waals surface area contributed by atoms with Gasteiger partial charge in [0.15, 0.2) is 0 Å². The second-order valence-corrected chi connectivity index (χ2v) is 7.21. The summed E-state index contributed by atoms with van der Waals surface area (Å²) in [7, 11) is 0. The van der Waals surface area contributed by atoms with Gasteiger partial charge in [0.05, 0.1) is 6.10 Å². The molecule has 0 aromatic heterocycles.